The van der Waals surface area contributed by atoms with Crippen LogP contribution in [0.3, 0.4) is 0 Å². The first kappa shape index (κ1) is 21.6. The molecule has 2 aromatic rings. The van der Waals surface area contributed by atoms with E-state index in [9.17, 15) is 14.4 Å². The molecule has 1 atom stereocenters. The van der Waals surface area contributed by atoms with Crippen molar-refractivity contribution in [1.82, 2.24) is 9.80 Å². The first-order valence-corrected chi connectivity index (χ1v) is 10.7. The highest BCUT2D eigenvalue weighted by atomic mass is 35.5. The third-order valence-corrected chi connectivity index (χ3v) is 6.82. The Hall–Kier alpha value is -2.64. The zero-order valence-electron chi connectivity index (χ0n) is 17.4. The van der Waals surface area contributed by atoms with E-state index in [4.69, 9.17) is 20.8 Å². The molecule has 2 aliphatic rings. The summed E-state index contributed by atoms with van der Waals surface area (Å²) in [5, 5.41) is 0.946. The number of amides is 1. The fourth-order valence-electron chi connectivity index (χ4n) is 4.98. The number of hydrogen-bond donors (Lipinski definition) is 0. The topological polar surface area (TPSA) is 80.1 Å². The molecule has 1 unspecified atom stereocenters. The largest absolute Gasteiger partial charge is 0.469 e. The minimum absolute atomic E-state index is 0.0456. The number of rotatable bonds is 5. The summed E-state index contributed by atoms with van der Waals surface area (Å²) >= 11 is 6.04. The molecule has 1 aromatic carbocycles. The van der Waals surface area contributed by atoms with Gasteiger partial charge in [0.15, 0.2) is 5.43 Å². The van der Waals surface area contributed by atoms with E-state index in [0.29, 0.717) is 60.6 Å². The highest BCUT2D eigenvalue weighted by molar-refractivity contribution is 6.31. The van der Waals surface area contributed by atoms with Crippen LogP contribution in [0.15, 0.2) is 46.3 Å². The van der Waals surface area contributed by atoms with Crippen LogP contribution in [0.4, 0.5) is 0 Å². The molecule has 8 heteroatoms. The molecule has 164 valence electrons. The Morgan fingerprint density at radius 3 is 2.77 bits per heavy atom. The highest BCUT2D eigenvalue weighted by Gasteiger charge is 2.56. The van der Waals surface area contributed by atoms with Crippen molar-refractivity contribution in [3.63, 3.8) is 0 Å². The number of benzene rings is 1. The van der Waals surface area contributed by atoms with Gasteiger partial charge in [-0.3, -0.25) is 19.3 Å². The molecule has 4 rings (SSSR count). The standard InChI is InChI=1S/C23H25ClN2O5/c1-3-8-26-20(27)12-18(22(29)30-2)23(26)6-9-25(10-7-23)13-15-14-31-19-5-4-16(24)11-17(19)21(15)28/h3-5,11,14,18H,1,6-10,12-13H2,2H3. The Morgan fingerprint density at radius 2 is 2.10 bits per heavy atom. The second-order valence-electron chi connectivity index (χ2n) is 8.18. The molecular weight excluding hydrogens is 420 g/mol. The molecule has 1 amide bonds. The summed E-state index contributed by atoms with van der Waals surface area (Å²) in [6.07, 6.45) is 4.60. The van der Waals surface area contributed by atoms with Crippen molar-refractivity contribution in [1.29, 1.82) is 0 Å². The number of methoxy groups -OCH3 is 1. The Balaban J connectivity index is 1.55. The minimum Gasteiger partial charge on any atom is -0.469 e. The third-order valence-electron chi connectivity index (χ3n) is 6.59. The van der Waals surface area contributed by atoms with E-state index in [0.717, 1.165) is 0 Å². The first-order chi connectivity index (χ1) is 14.9. The smallest absolute Gasteiger partial charge is 0.311 e. The molecule has 1 aromatic heterocycles. The monoisotopic (exact) mass is 444 g/mol. The lowest BCUT2D eigenvalue weighted by atomic mass is 9.76. The van der Waals surface area contributed by atoms with E-state index < -0.39 is 11.5 Å². The average molecular weight is 445 g/mol. The van der Waals surface area contributed by atoms with Gasteiger partial charge in [-0.15, -0.1) is 6.58 Å². The Labute approximate surface area is 185 Å². The van der Waals surface area contributed by atoms with Gasteiger partial charge in [0.05, 0.1) is 30.2 Å². The number of esters is 1. The predicted molar refractivity (Wildman–Crippen MR) is 117 cm³/mol. The number of carbonyl (C=O) groups is 2. The maximum atomic E-state index is 12.9. The van der Waals surface area contributed by atoms with E-state index in [1.165, 1.54) is 13.4 Å². The summed E-state index contributed by atoms with van der Waals surface area (Å²) in [6.45, 7) is 5.88. The van der Waals surface area contributed by atoms with E-state index in [1.807, 2.05) is 0 Å². The zero-order chi connectivity index (χ0) is 22.2. The summed E-state index contributed by atoms with van der Waals surface area (Å²) in [5.41, 5.74) is 0.388. The number of ether oxygens (including phenoxy) is 1. The van der Waals surface area contributed by atoms with Gasteiger partial charge in [0.2, 0.25) is 5.91 Å². The third kappa shape index (κ3) is 3.77. The lowest BCUT2D eigenvalue weighted by Gasteiger charge is -2.46. The number of nitrogens with zero attached hydrogens (tertiary/aromatic N) is 2. The number of fused-ring (bicyclic) bond motifs is 1. The molecule has 0 radical (unpaired) electrons. The summed E-state index contributed by atoms with van der Waals surface area (Å²) in [7, 11) is 1.36. The van der Waals surface area contributed by atoms with Crippen LogP contribution in [0.1, 0.15) is 24.8 Å². The van der Waals surface area contributed by atoms with Gasteiger partial charge in [-0.1, -0.05) is 17.7 Å². The number of halogens is 1. The summed E-state index contributed by atoms with van der Waals surface area (Å²) in [6, 6.07) is 4.99. The molecule has 31 heavy (non-hydrogen) atoms. The second kappa shape index (κ2) is 8.48. The van der Waals surface area contributed by atoms with Crippen LogP contribution in [-0.2, 0) is 20.9 Å². The Morgan fingerprint density at radius 1 is 1.35 bits per heavy atom. The van der Waals surface area contributed by atoms with Crippen LogP contribution in [0.25, 0.3) is 11.0 Å². The van der Waals surface area contributed by atoms with Crippen molar-refractivity contribution in [2.45, 2.75) is 31.3 Å². The van der Waals surface area contributed by atoms with Crippen molar-refractivity contribution < 1.29 is 18.7 Å². The molecule has 0 bridgehead atoms. The molecule has 2 aliphatic heterocycles. The van der Waals surface area contributed by atoms with E-state index in [2.05, 4.69) is 11.5 Å². The van der Waals surface area contributed by atoms with Crippen molar-refractivity contribution in [2.24, 2.45) is 5.92 Å². The SMILES string of the molecule is C=CCN1C(=O)CC(C(=O)OC)C12CCN(Cc1coc3ccc(Cl)cc3c1=O)CC2. The molecule has 3 heterocycles. The second-order valence-corrected chi connectivity index (χ2v) is 8.62. The summed E-state index contributed by atoms with van der Waals surface area (Å²) < 4.78 is 10.6. The fourth-order valence-corrected chi connectivity index (χ4v) is 5.15. The Kier molecular flexibility index (Phi) is 5.90. The summed E-state index contributed by atoms with van der Waals surface area (Å²) in [5.74, 6) is -0.879. The Bertz CT molecular complexity index is 1090. The number of carbonyl (C=O) groups excluding carboxylic acids is 2. The first-order valence-electron chi connectivity index (χ1n) is 10.3. The normalized spacial score (nSPS) is 21.0. The van der Waals surface area contributed by atoms with Crippen LogP contribution < -0.4 is 5.43 Å². The van der Waals surface area contributed by atoms with Gasteiger partial charge in [-0.25, -0.2) is 0 Å². The molecule has 7 nitrogen and oxygen atoms in total. The minimum atomic E-state index is -0.573. The van der Waals surface area contributed by atoms with Crippen LogP contribution in [0.5, 0.6) is 0 Å². The molecule has 0 aliphatic carbocycles. The van der Waals surface area contributed by atoms with Gasteiger partial charge in [-0.05, 0) is 31.0 Å². The molecule has 1 spiro atoms. The van der Waals surface area contributed by atoms with Gasteiger partial charge in [-0.2, -0.15) is 0 Å². The lowest BCUT2D eigenvalue weighted by Crippen LogP contribution is -2.57. The maximum Gasteiger partial charge on any atom is 0.311 e. The van der Waals surface area contributed by atoms with Gasteiger partial charge >= 0.3 is 5.97 Å². The lowest BCUT2D eigenvalue weighted by molar-refractivity contribution is -0.150. The van der Waals surface area contributed by atoms with Gasteiger partial charge in [0.1, 0.15) is 5.58 Å². The fraction of sp³-hybridized carbons (Fsp3) is 0.435. The van der Waals surface area contributed by atoms with Crippen molar-refractivity contribution >= 4 is 34.4 Å². The van der Waals surface area contributed by atoms with E-state index in [1.54, 1.807) is 29.2 Å². The van der Waals surface area contributed by atoms with Crippen molar-refractivity contribution in [3.05, 3.63) is 57.9 Å². The van der Waals surface area contributed by atoms with Crippen LogP contribution in [0, 0.1) is 5.92 Å². The average Bonchev–Trinajstić information content (AvgIpc) is 3.03. The van der Waals surface area contributed by atoms with E-state index in [-0.39, 0.29) is 23.7 Å². The predicted octanol–water partition coefficient (Wildman–Crippen LogP) is 2.99. The van der Waals surface area contributed by atoms with Crippen LogP contribution in [-0.4, -0.2) is 54.0 Å². The van der Waals surface area contributed by atoms with Crippen molar-refractivity contribution in [3.8, 4) is 0 Å². The van der Waals surface area contributed by atoms with E-state index >= 15 is 0 Å². The van der Waals surface area contributed by atoms with Gasteiger partial charge in [0.25, 0.3) is 0 Å². The molecule has 0 N–H and O–H groups in total. The highest BCUT2D eigenvalue weighted by Crippen LogP contribution is 2.44. The molecule has 2 saturated heterocycles. The number of likely N-dealkylation sites (tertiary alicyclic amines) is 2. The van der Waals surface area contributed by atoms with Gasteiger partial charge < -0.3 is 14.1 Å². The number of piperidine rings is 1. The quantitative estimate of drug-likeness (QED) is 0.521. The molecular formula is C23H25ClN2O5. The van der Waals surface area contributed by atoms with Crippen LogP contribution >= 0.6 is 11.6 Å². The van der Waals surface area contributed by atoms with Gasteiger partial charge in [0, 0.05) is 43.2 Å². The summed E-state index contributed by atoms with van der Waals surface area (Å²) in [4.78, 5) is 41.9. The zero-order valence-corrected chi connectivity index (χ0v) is 18.2. The molecule has 0 saturated carbocycles. The molecule has 2 fully saturated rings. The number of hydrogen-bond acceptors (Lipinski definition) is 6. The van der Waals surface area contributed by atoms with Crippen molar-refractivity contribution in [2.75, 3.05) is 26.7 Å². The van der Waals surface area contributed by atoms with Crippen LogP contribution in [0.2, 0.25) is 5.02 Å². The maximum absolute atomic E-state index is 12.9.